The number of amides is 2. The molecule has 1 saturated heterocycles. The smallest absolute Gasteiger partial charge is 0.251 e. The van der Waals surface area contributed by atoms with E-state index < -0.39 is 0 Å². The van der Waals surface area contributed by atoms with Crippen molar-refractivity contribution in [1.29, 1.82) is 0 Å². The fourth-order valence-corrected chi connectivity index (χ4v) is 5.07. The Labute approximate surface area is 194 Å². The van der Waals surface area contributed by atoms with Gasteiger partial charge in [0.05, 0.1) is 11.8 Å². The van der Waals surface area contributed by atoms with Gasteiger partial charge in [-0.3, -0.25) is 9.59 Å². The molecular formula is C27H28N2O2S. The molecular weight excluding hydrogens is 416 g/mol. The van der Waals surface area contributed by atoms with Crippen LogP contribution < -0.4 is 5.32 Å². The van der Waals surface area contributed by atoms with Crippen LogP contribution in [-0.4, -0.2) is 22.5 Å². The highest BCUT2D eigenvalue weighted by molar-refractivity contribution is 8.00. The quantitative estimate of drug-likeness (QED) is 0.522. The molecule has 1 fully saturated rings. The van der Waals surface area contributed by atoms with E-state index in [1.807, 2.05) is 66.4 Å². The van der Waals surface area contributed by atoms with Gasteiger partial charge in [0.2, 0.25) is 5.91 Å². The summed E-state index contributed by atoms with van der Waals surface area (Å²) in [5, 5.41) is 3.05. The molecule has 0 saturated carbocycles. The first kappa shape index (κ1) is 22.2. The predicted octanol–water partition coefficient (Wildman–Crippen LogP) is 5.51. The van der Waals surface area contributed by atoms with E-state index in [2.05, 4.69) is 36.5 Å². The molecule has 164 valence electrons. The largest absolute Gasteiger partial charge is 0.346 e. The van der Waals surface area contributed by atoms with Crippen LogP contribution in [-0.2, 0) is 17.8 Å². The molecule has 32 heavy (non-hydrogen) atoms. The summed E-state index contributed by atoms with van der Waals surface area (Å²) in [4.78, 5) is 27.1. The second kappa shape index (κ2) is 10.0. The van der Waals surface area contributed by atoms with Crippen LogP contribution in [0, 0.1) is 0 Å². The highest BCUT2D eigenvalue weighted by Gasteiger charge is 2.32. The Balaban J connectivity index is 1.42. The van der Waals surface area contributed by atoms with Crippen LogP contribution in [0.3, 0.4) is 0 Å². The summed E-state index contributed by atoms with van der Waals surface area (Å²) in [5.41, 5.74) is 5.15. The van der Waals surface area contributed by atoms with E-state index in [-0.39, 0.29) is 23.2 Å². The number of nitrogens with one attached hydrogen (secondary N) is 1. The molecule has 0 aliphatic carbocycles. The number of rotatable bonds is 7. The molecule has 3 aromatic carbocycles. The predicted molar refractivity (Wildman–Crippen MR) is 130 cm³/mol. The molecule has 0 unspecified atom stereocenters. The van der Waals surface area contributed by atoms with Crippen LogP contribution in [0.25, 0.3) is 0 Å². The molecule has 2 amide bonds. The van der Waals surface area contributed by atoms with Crippen molar-refractivity contribution in [3.8, 4) is 0 Å². The maximum Gasteiger partial charge on any atom is 0.251 e. The van der Waals surface area contributed by atoms with E-state index >= 15 is 0 Å². The van der Waals surface area contributed by atoms with E-state index in [4.69, 9.17) is 0 Å². The molecule has 1 heterocycles. The van der Waals surface area contributed by atoms with Crippen molar-refractivity contribution < 1.29 is 9.59 Å². The number of hydrogen-bond donors (Lipinski definition) is 1. The summed E-state index contributed by atoms with van der Waals surface area (Å²) in [6, 6.07) is 25.9. The van der Waals surface area contributed by atoms with Crippen LogP contribution in [0.1, 0.15) is 57.9 Å². The van der Waals surface area contributed by atoms with Crippen LogP contribution in [0.2, 0.25) is 0 Å². The third-order valence-corrected chi connectivity index (χ3v) is 7.11. The fraction of sp³-hybridized carbons (Fsp3) is 0.259. The molecule has 2 atom stereocenters. The monoisotopic (exact) mass is 444 g/mol. The van der Waals surface area contributed by atoms with Crippen molar-refractivity contribution in [2.24, 2.45) is 0 Å². The van der Waals surface area contributed by atoms with Crippen LogP contribution in [0.5, 0.6) is 0 Å². The average molecular weight is 445 g/mol. The lowest BCUT2D eigenvalue weighted by molar-refractivity contribution is -0.128. The maximum absolute atomic E-state index is 12.8. The zero-order valence-electron chi connectivity index (χ0n) is 18.5. The SMILES string of the molecule is CCc1ccc([C@H](C)NC(=O)c2ccc([C@H]3SCC(=O)N3Cc3ccccc3)cc2)cc1. The molecule has 1 aliphatic rings. The highest BCUT2D eigenvalue weighted by Crippen LogP contribution is 2.39. The lowest BCUT2D eigenvalue weighted by atomic mass is 10.0. The normalized spacial score (nSPS) is 16.8. The molecule has 0 aromatic heterocycles. The summed E-state index contributed by atoms with van der Waals surface area (Å²) < 4.78 is 0. The Morgan fingerprint density at radius 1 is 1.00 bits per heavy atom. The number of nitrogens with zero attached hydrogens (tertiary/aromatic N) is 1. The Kier molecular flexibility index (Phi) is 6.96. The van der Waals surface area contributed by atoms with Crippen molar-refractivity contribution in [1.82, 2.24) is 10.2 Å². The van der Waals surface area contributed by atoms with Crippen molar-refractivity contribution in [2.45, 2.75) is 38.2 Å². The zero-order chi connectivity index (χ0) is 22.5. The highest BCUT2D eigenvalue weighted by atomic mass is 32.2. The van der Waals surface area contributed by atoms with Gasteiger partial charge in [0.1, 0.15) is 5.37 Å². The van der Waals surface area contributed by atoms with Gasteiger partial charge in [0.25, 0.3) is 5.91 Å². The zero-order valence-corrected chi connectivity index (χ0v) is 19.3. The second-order valence-electron chi connectivity index (χ2n) is 8.08. The second-order valence-corrected chi connectivity index (χ2v) is 9.15. The molecule has 0 spiro atoms. The summed E-state index contributed by atoms with van der Waals surface area (Å²) >= 11 is 1.63. The van der Waals surface area contributed by atoms with Gasteiger partial charge in [0.15, 0.2) is 0 Å². The Hall–Kier alpha value is -3.05. The van der Waals surface area contributed by atoms with Crippen molar-refractivity contribution >= 4 is 23.6 Å². The van der Waals surface area contributed by atoms with Gasteiger partial charge in [-0.1, -0.05) is 73.7 Å². The summed E-state index contributed by atoms with van der Waals surface area (Å²) in [6.07, 6.45) is 1.00. The van der Waals surface area contributed by atoms with E-state index in [1.54, 1.807) is 11.8 Å². The molecule has 4 rings (SSSR count). The summed E-state index contributed by atoms with van der Waals surface area (Å²) in [5.74, 6) is 0.530. The van der Waals surface area contributed by atoms with Gasteiger partial charge in [-0.25, -0.2) is 0 Å². The topological polar surface area (TPSA) is 49.4 Å². The van der Waals surface area contributed by atoms with Crippen LogP contribution in [0.15, 0.2) is 78.9 Å². The van der Waals surface area contributed by atoms with Crippen molar-refractivity contribution in [3.05, 3.63) is 107 Å². The summed E-state index contributed by atoms with van der Waals surface area (Å²) in [7, 11) is 0. The molecule has 0 radical (unpaired) electrons. The Morgan fingerprint density at radius 3 is 2.34 bits per heavy atom. The van der Waals surface area contributed by atoms with E-state index in [9.17, 15) is 9.59 Å². The van der Waals surface area contributed by atoms with Crippen molar-refractivity contribution in [3.63, 3.8) is 0 Å². The number of carbonyl (C=O) groups is 2. The Bertz CT molecular complexity index is 1070. The molecule has 5 heteroatoms. The first-order chi connectivity index (χ1) is 15.5. The van der Waals surface area contributed by atoms with E-state index in [0.29, 0.717) is 17.9 Å². The van der Waals surface area contributed by atoms with Gasteiger partial charge < -0.3 is 10.2 Å². The van der Waals surface area contributed by atoms with Crippen LogP contribution >= 0.6 is 11.8 Å². The molecule has 1 aliphatic heterocycles. The fourth-order valence-electron chi connectivity index (χ4n) is 3.89. The molecule has 0 bridgehead atoms. The number of carbonyl (C=O) groups excluding carboxylic acids is 2. The standard InChI is InChI=1S/C27H28N2O2S/c1-3-20-9-11-22(12-10-20)19(2)28-26(31)23-13-15-24(16-14-23)27-29(25(30)18-32-27)17-21-7-5-4-6-8-21/h4-16,19,27H,3,17-18H2,1-2H3,(H,28,31)/t19-,27+/m0/s1. The minimum absolute atomic E-state index is 0.0316. The number of benzene rings is 3. The van der Waals surface area contributed by atoms with Gasteiger partial charge in [-0.05, 0) is 47.7 Å². The van der Waals surface area contributed by atoms with E-state index in [1.165, 1.54) is 5.56 Å². The lowest BCUT2D eigenvalue weighted by Gasteiger charge is -2.24. The number of hydrogen-bond acceptors (Lipinski definition) is 3. The molecule has 4 nitrogen and oxygen atoms in total. The number of thioether (sulfide) groups is 1. The first-order valence-electron chi connectivity index (χ1n) is 11.0. The average Bonchev–Trinajstić information content (AvgIpc) is 3.19. The summed E-state index contributed by atoms with van der Waals surface area (Å²) in [6.45, 7) is 4.72. The van der Waals surface area contributed by atoms with Gasteiger partial charge in [-0.2, -0.15) is 0 Å². The minimum Gasteiger partial charge on any atom is -0.346 e. The molecule has 1 N–H and O–H groups in total. The van der Waals surface area contributed by atoms with Gasteiger partial charge in [-0.15, -0.1) is 11.8 Å². The number of aryl methyl sites for hydroxylation is 1. The van der Waals surface area contributed by atoms with E-state index in [0.717, 1.165) is 23.1 Å². The van der Waals surface area contributed by atoms with Crippen molar-refractivity contribution in [2.75, 3.05) is 5.75 Å². The minimum atomic E-state index is -0.0973. The first-order valence-corrected chi connectivity index (χ1v) is 12.0. The third kappa shape index (κ3) is 5.05. The maximum atomic E-state index is 12.8. The molecule has 3 aromatic rings. The van der Waals surface area contributed by atoms with Gasteiger partial charge >= 0.3 is 0 Å². The Morgan fingerprint density at radius 2 is 1.69 bits per heavy atom. The van der Waals surface area contributed by atoms with Gasteiger partial charge in [0, 0.05) is 12.1 Å². The lowest BCUT2D eigenvalue weighted by Crippen LogP contribution is -2.28. The van der Waals surface area contributed by atoms with Crippen LogP contribution in [0.4, 0.5) is 0 Å². The third-order valence-electron chi connectivity index (χ3n) is 5.86.